The number of nitrogens with one attached hydrogen (secondary N) is 1. The van der Waals surface area contributed by atoms with Gasteiger partial charge in [-0.05, 0) is 12.2 Å². The first-order valence-corrected chi connectivity index (χ1v) is 7.61. The monoisotopic (exact) mass is 316 g/mol. The van der Waals surface area contributed by atoms with Crippen LogP contribution in [0.1, 0.15) is 32.4 Å². The lowest BCUT2D eigenvalue weighted by Crippen LogP contribution is -2.44. The quantitative estimate of drug-likeness (QED) is 0.560. The van der Waals surface area contributed by atoms with Gasteiger partial charge in [-0.3, -0.25) is 10.2 Å². The largest absolute Gasteiger partial charge is 0.478 e. The topological polar surface area (TPSA) is 106 Å². The maximum atomic E-state index is 12.5. The first-order chi connectivity index (χ1) is 9.83. The molecule has 1 rings (SSSR count). The molecule has 0 spiro atoms. The molecule has 1 heterocycles. The van der Waals surface area contributed by atoms with Gasteiger partial charge in [-0.15, -0.1) is 10.2 Å². The molecule has 9 heteroatoms. The zero-order chi connectivity index (χ0) is 16.2. The van der Waals surface area contributed by atoms with E-state index in [4.69, 9.17) is 9.84 Å². The molecule has 118 valence electrons. The second-order valence-corrected chi connectivity index (χ2v) is 5.60. The van der Waals surface area contributed by atoms with Crippen LogP contribution in [0.3, 0.4) is 0 Å². The lowest BCUT2D eigenvalue weighted by atomic mass is 9.95. The molecule has 0 saturated heterocycles. The standard InChI is InChI=1S/C12H20N4O4S/c1-6(2)7(3)8-10(17)16(12(21-5)14-13-8)15-9(20-4)11(18)19/h6-7,9,15H,1-5H3,(H,18,19)/t7-,9-/m1/s1. The Kier molecular flexibility index (Phi) is 6.16. The van der Waals surface area contributed by atoms with Gasteiger partial charge in [0.2, 0.25) is 11.4 Å². The minimum absolute atomic E-state index is 0.0974. The molecule has 21 heavy (non-hydrogen) atoms. The van der Waals surface area contributed by atoms with Crippen LogP contribution in [0.15, 0.2) is 9.95 Å². The van der Waals surface area contributed by atoms with Crippen molar-refractivity contribution in [3.63, 3.8) is 0 Å². The Hall–Kier alpha value is -1.61. The summed E-state index contributed by atoms with van der Waals surface area (Å²) in [6, 6.07) is 0. The Labute approximate surface area is 126 Å². The van der Waals surface area contributed by atoms with Crippen molar-refractivity contribution in [1.82, 2.24) is 14.9 Å². The number of hydrogen-bond donors (Lipinski definition) is 2. The van der Waals surface area contributed by atoms with Crippen LogP contribution in [0.4, 0.5) is 0 Å². The van der Waals surface area contributed by atoms with Gasteiger partial charge in [-0.2, -0.15) is 4.68 Å². The van der Waals surface area contributed by atoms with E-state index in [0.29, 0.717) is 0 Å². The molecule has 0 saturated carbocycles. The number of hydrogen-bond acceptors (Lipinski definition) is 7. The summed E-state index contributed by atoms with van der Waals surface area (Å²) >= 11 is 1.18. The molecule has 8 nitrogen and oxygen atoms in total. The summed E-state index contributed by atoms with van der Waals surface area (Å²) < 4.78 is 5.87. The van der Waals surface area contributed by atoms with Crippen molar-refractivity contribution >= 4 is 17.7 Å². The zero-order valence-corrected chi connectivity index (χ0v) is 13.5. The van der Waals surface area contributed by atoms with Gasteiger partial charge in [0, 0.05) is 13.0 Å². The number of aliphatic carboxylic acids is 1. The number of carboxylic acids is 1. The molecule has 0 aliphatic carbocycles. The molecule has 0 fully saturated rings. The van der Waals surface area contributed by atoms with Gasteiger partial charge in [0.05, 0.1) is 0 Å². The Morgan fingerprint density at radius 1 is 1.38 bits per heavy atom. The van der Waals surface area contributed by atoms with E-state index in [1.54, 1.807) is 6.26 Å². The summed E-state index contributed by atoms with van der Waals surface area (Å²) in [5.74, 6) is -1.12. The summed E-state index contributed by atoms with van der Waals surface area (Å²) in [5, 5.41) is 17.2. The molecule has 0 amide bonds. The third kappa shape index (κ3) is 3.94. The van der Waals surface area contributed by atoms with Crippen LogP contribution in [0.2, 0.25) is 0 Å². The Balaban J connectivity index is 3.31. The van der Waals surface area contributed by atoms with Gasteiger partial charge >= 0.3 is 5.97 Å². The first-order valence-electron chi connectivity index (χ1n) is 6.39. The molecular formula is C12H20N4O4S. The van der Waals surface area contributed by atoms with Crippen LogP contribution in [0, 0.1) is 5.92 Å². The van der Waals surface area contributed by atoms with Crippen LogP contribution in [0.5, 0.6) is 0 Å². The normalized spacial score (nSPS) is 14.0. The van der Waals surface area contributed by atoms with Gasteiger partial charge in [0.1, 0.15) is 5.69 Å². The molecule has 1 aromatic rings. The second kappa shape index (κ2) is 7.41. The van der Waals surface area contributed by atoms with E-state index < -0.39 is 17.8 Å². The van der Waals surface area contributed by atoms with Crippen molar-refractivity contribution < 1.29 is 14.6 Å². The van der Waals surface area contributed by atoms with Crippen molar-refractivity contribution in [2.45, 2.75) is 38.1 Å². The molecule has 0 aliphatic heterocycles. The number of carbonyl (C=O) groups is 1. The Morgan fingerprint density at radius 2 is 2.00 bits per heavy atom. The highest BCUT2D eigenvalue weighted by molar-refractivity contribution is 7.98. The van der Waals surface area contributed by atoms with Crippen molar-refractivity contribution in [1.29, 1.82) is 0 Å². The number of nitrogens with zero attached hydrogens (tertiary/aromatic N) is 3. The molecule has 0 radical (unpaired) electrons. The summed E-state index contributed by atoms with van der Waals surface area (Å²) in [5.41, 5.74) is 2.38. The van der Waals surface area contributed by atoms with Crippen molar-refractivity contribution in [2.24, 2.45) is 5.92 Å². The van der Waals surface area contributed by atoms with Crippen molar-refractivity contribution in [3.8, 4) is 0 Å². The molecule has 2 atom stereocenters. The number of rotatable bonds is 7. The van der Waals surface area contributed by atoms with E-state index in [1.165, 1.54) is 18.9 Å². The van der Waals surface area contributed by atoms with Crippen LogP contribution in [-0.2, 0) is 9.53 Å². The van der Waals surface area contributed by atoms with Gasteiger partial charge in [-0.25, -0.2) is 4.79 Å². The molecular weight excluding hydrogens is 296 g/mol. The molecule has 2 N–H and O–H groups in total. The average molecular weight is 316 g/mol. The van der Waals surface area contributed by atoms with Gasteiger partial charge in [0.15, 0.2) is 0 Å². The molecule has 1 aromatic heterocycles. The highest BCUT2D eigenvalue weighted by Gasteiger charge is 2.23. The fourth-order valence-electron chi connectivity index (χ4n) is 1.56. The van der Waals surface area contributed by atoms with Crippen LogP contribution in [-0.4, -0.2) is 45.5 Å². The third-order valence-electron chi connectivity index (χ3n) is 3.18. The summed E-state index contributed by atoms with van der Waals surface area (Å²) in [6.45, 7) is 5.83. The minimum Gasteiger partial charge on any atom is -0.478 e. The summed E-state index contributed by atoms with van der Waals surface area (Å²) in [6.07, 6.45) is 0.371. The number of methoxy groups -OCH3 is 1. The molecule has 0 unspecified atom stereocenters. The highest BCUT2D eigenvalue weighted by atomic mass is 32.2. The van der Waals surface area contributed by atoms with E-state index in [-0.39, 0.29) is 22.7 Å². The van der Waals surface area contributed by atoms with Crippen LogP contribution in [0.25, 0.3) is 0 Å². The maximum Gasteiger partial charge on any atom is 0.355 e. The lowest BCUT2D eigenvalue weighted by Gasteiger charge is -2.20. The van der Waals surface area contributed by atoms with E-state index in [0.717, 1.165) is 4.68 Å². The fourth-order valence-corrected chi connectivity index (χ4v) is 2.00. The molecule has 0 bridgehead atoms. The zero-order valence-electron chi connectivity index (χ0n) is 12.7. The van der Waals surface area contributed by atoms with Gasteiger partial charge < -0.3 is 9.84 Å². The van der Waals surface area contributed by atoms with E-state index in [2.05, 4.69) is 15.6 Å². The number of thioether (sulfide) groups is 1. The third-order valence-corrected chi connectivity index (χ3v) is 3.81. The van der Waals surface area contributed by atoms with Crippen molar-refractivity contribution in [3.05, 3.63) is 16.0 Å². The van der Waals surface area contributed by atoms with Crippen molar-refractivity contribution in [2.75, 3.05) is 18.8 Å². The number of carboxylic acid groups (broad SMARTS) is 1. The molecule has 0 aromatic carbocycles. The highest BCUT2D eigenvalue weighted by Crippen LogP contribution is 2.19. The van der Waals surface area contributed by atoms with Crippen LogP contribution < -0.4 is 11.0 Å². The number of ether oxygens (including phenoxy) is 1. The predicted octanol–water partition coefficient (Wildman–Crippen LogP) is 0.720. The summed E-state index contributed by atoms with van der Waals surface area (Å²) in [4.78, 5) is 23.5. The lowest BCUT2D eigenvalue weighted by molar-refractivity contribution is -0.147. The maximum absolute atomic E-state index is 12.5. The first kappa shape index (κ1) is 17.4. The smallest absolute Gasteiger partial charge is 0.355 e. The molecule has 0 aliphatic rings. The second-order valence-electron chi connectivity index (χ2n) is 4.83. The van der Waals surface area contributed by atoms with Gasteiger partial charge in [0.25, 0.3) is 5.56 Å². The SMILES string of the molecule is CO[C@@H](Nn1c(SC)nnc([C@H](C)C(C)C)c1=O)C(=O)O. The fraction of sp³-hybridized carbons (Fsp3) is 0.667. The van der Waals surface area contributed by atoms with E-state index >= 15 is 0 Å². The van der Waals surface area contributed by atoms with E-state index in [9.17, 15) is 9.59 Å². The predicted molar refractivity (Wildman–Crippen MR) is 79.1 cm³/mol. The summed E-state index contributed by atoms with van der Waals surface area (Å²) in [7, 11) is 1.24. The Bertz CT molecular complexity index is 561. The van der Waals surface area contributed by atoms with E-state index in [1.807, 2.05) is 20.8 Å². The average Bonchev–Trinajstić information content (AvgIpc) is 2.44. The van der Waals surface area contributed by atoms with Gasteiger partial charge in [-0.1, -0.05) is 32.5 Å². The Morgan fingerprint density at radius 3 is 2.43 bits per heavy atom. The number of aromatic nitrogens is 3. The van der Waals surface area contributed by atoms with Crippen LogP contribution >= 0.6 is 11.8 Å². The minimum atomic E-state index is -1.35.